The number of nitrogens with one attached hydrogen (secondary N) is 2. The van der Waals surface area contributed by atoms with Crippen molar-refractivity contribution in [2.75, 3.05) is 18.4 Å². The zero-order valence-electron chi connectivity index (χ0n) is 13.1. The molecule has 0 saturated carbocycles. The molecule has 5 nitrogen and oxygen atoms in total. The lowest BCUT2D eigenvalue weighted by Crippen LogP contribution is -2.26. The van der Waals surface area contributed by atoms with Gasteiger partial charge in [-0.15, -0.1) is 16.4 Å². The first-order valence-corrected chi connectivity index (χ1v) is 8.25. The summed E-state index contributed by atoms with van der Waals surface area (Å²) in [6.45, 7) is 10.3. The molecule has 0 aromatic carbocycles. The van der Waals surface area contributed by atoms with Gasteiger partial charge in [0.05, 0.1) is 6.04 Å². The number of thiophene rings is 1. The Morgan fingerprint density at radius 3 is 2.86 bits per heavy atom. The minimum Gasteiger partial charge on any atom is -0.406 e. The van der Waals surface area contributed by atoms with Gasteiger partial charge in [-0.05, 0) is 31.3 Å². The molecule has 0 aliphatic heterocycles. The second-order valence-electron chi connectivity index (χ2n) is 5.84. The van der Waals surface area contributed by atoms with Crippen LogP contribution in [0.25, 0.3) is 0 Å². The molecule has 0 radical (unpaired) electrons. The van der Waals surface area contributed by atoms with E-state index in [1.54, 1.807) is 11.3 Å². The third kappa shape index (κ3) is 4.28. The fourth-order valence-electron chi connectivity index (χ4n) is 1.98. The lowest BCUT2D eigenvalue weighted by Gasteiger charge is -2.22. The summed E-state index contributed by atoms with van der Waals surface area (Å²) in [6.07, 6.45) is 1.08. The Morgan fingerprint density at radius 1 is 1.38 bits per heavy atom. The molecule has 0 aliphatic carbocycles. The summed E-state index contributed by atoms with van der Waals surface area (Å²) in [5, 5.41) is 16.8. The van der Waals surface area contributed by atoms with E-state index >= 15 is 0 Å². The summed E-state index contributed by atoms with van der Waals surface area (Å²) in [4.78, 5) is 1.34. The van der Waals surface area contributed by atoms with Crippen LogP contribution in [0.3, 0.4) is 0 Å². The SMILES string of the molecule is CCCNC(C)c1nnc(NCC(C)(C)c2cccs2)o1. The summed E-state index contributed by atoms with van der Waals surface area (Å²) < 4.78 is 5.66. The highest BCUT2D eigenvalue weighted by atomic mass is 32.1. The van der Waals surface area contributed by atoms with Gasteiger partial charge in [0.15, 0.2) is 0 Å². The highest BCUT2D eigenvalue weighted by Crippen LogP contribution is 2.27. The molecule has 0 spiro atoms. The van der Waals surface area contributed by atoms with E-state index in [1.165, 1.54) is 4.88 Å². The molecule has 2 rings (SSSR count). The van der Waals surface area contributed by atoms with Crippen molar-refractivity contribution in [3.8, 4) is 0 Å². The van der Waals surface area contributed by atoms with Gasteiger partial charge in [-0.2, -0.15) is 0 Å². The first-order valence-electron chi connectivity index (χ1n) is 7.37. The van der Waals surface area contributed by atoms with Crippen molar-refractivity contribution in [3.63, 3.8) is 0 Å². The van der Waals surface area contributed by atoms with Gasteiger partial charge in [-0.25, -0.2) is 0 Å². The summed E-state index contributed by atoms with van der Waals surface area (Å²) >= 11 is 1.77. The van der Waals surface area contributed by atoms with E-state index in [0.717, 1.165) is 19.5 Å². The minimum absolute atomic E-state index is 0.0366. The average Bonchev–Trinajstić information content (AvgIpc) is 3.13. The molecule has 0 aliphatic rings. The number of nitrogens with zero attached hydrogens (tertiary/aromatic N) is 2. The predicted molar refractivity (Wildman–Crippen MR) is 86.8 cm³/mol. The van der Waals surface area contributed by atoms with Crippen LogP contribution >= 0.6 is 11.3 Å². The Balaban J connectivity index is 1.91. The maximum absolute atomic E-state index is 5.66. The minimum atomic E-state index is 0.0366. The Labute approximate surface area is 130 Å². The summed E-state index contributed by atoms with van der Waals surface area (Å²) in [5.74, 6) is 0.625. The normalized spacial score (nSPS) is 13.3. The smallest absolute Gasteiger partial charge is 0.315 e. The third-order valence-electron chi connectivity index (χ3n) is 3.38. The lowest BCUT2D eigenvalue weighted by molar-refractivity contribution is 0.420. The molecule has 6 heteroatoms. The molecule has 21 heavy (non-hydrogen) atoms. The van der Waals surface area contributed by atoms with Gasteiger partial charge in [0.2, 0.25) is 5.89 Å². The molecule has 2 aromatic rings. The molecule has 0 saturated heterocycles. The molecule has 2 N–H and O–H groups in total. The standard InChI is InChI=1S/C15H24N4OS/c1-5-8-16-11(2)13-18-19-14(20-13)17-10-15(3,4)12-7-6-9-21-12/h6-7,9,11,16H,5,8,10H2,1-4H3,(H,17,19). The van der Waals surface area contributed by atoms with E-state index < -0.39 is 0 Å². The van der Waals surface area contributed by atoms with Crippen LogP contribution in [0.15, 0.2) is 21.9 Å². The van der Waals surface area contributed by atoms with Gasteiger partial charge in [0, 0.05) is 16.8 Å². The summed E-state index contributed by atoms with van der Waals surface area (Å²) in [6, 6.07) is 4.80. The highest BCUT2D eigenvalue weighted by Gasteiger charge is 2.22. The number of aromatic nitrogens is 2. The molecule has 2 heterocycles. The zero-order chi connectivity index (χ0) is 15.3. The maximum atomic E-state index is 5.66. The van der Waals surface area contributed by atoms with Crippen molar-refractivity contribution in [3.05, 3.63) is 28.3 Å². The summed E-state index contributed by atoms with van der Waals surface area (Å²) in [7, 11) is 0. The van der Waals surface area contributed by atoms with Crippen LogP contribution < -0.4 is 10.6 Å². The van der Waals surface area contributed by atoms with E-state index in [-0.39, 0.29) is 11.5 Å². The van der Waals surface area contributed by atoms with Crippen LogP contribution in [0.5, 0.6) is 0 Å². The van der Waals surface area contributed by atoms with Crippen molar-refractivity contribution in [2.24, 2.45) is 0 Å². The molecule has 1 atom stereocenters. The maximum Gasteiger partial charge on any atom is 0.315 e. The Bertz CT molecular complexity index is 536. The van der Waals surface area contributed by atoms with Crippen molar-refractivity contribution < 1.29 is 4.42 Å². The van der Waals surface area contributed by atoms with E-state index in [4.69, 9.17) is 4.42 Å². The monoisotopic (exact) mass is 308 g/mol. The Morgan fingerprint density at radius 2 is 2.19 bits per heavy atom. The zero-order valence-corrected chi connectivity index (χ0v) is 14.0. The van der Waals surface area contributed by atoms with Crippen LogP contribution in [-0.2, 0) is 5.41 Å². The largest absolute Gasteiger partial charge is 0.406 e. The predicted octanol–water partition coefficient (Wildman–Crippen LogP) is 3.58. The molecule has 0 fully saturated rings. The second-order valence-corrected chi connectivity index (χ2v) is 6.78. The topological polar surface area (TPSA) is 63.0 Å². The van der Waals surface area contributed by atoms with Gasteiger partial charge in [0.1, 0.15) is 0 Å². The molecular formula is C15H24N4OS. The van der Waals surface area contributed by atoms with E-state index in [1.807, 2.05) is 6.92 Å². The van der Waals surface area contributed by atoms with Gasteiger partial charge < -0.3 is 15.1 Å². The van der Waals surface area contributed by atoms with Crippen LogP contribution in [0.2, 0.25) is 0 Å². The number of anilines is 1. The number of hydrogen-bond donors (Lipinski definition) is 2. The number of hydrogen-bond acceptors (Lipinski definition) is 6. The van der Waals surface area contributed by atoms with Crippen molar-refractivity contribution in [1.82, 2.24) is 15.5 Å². The van der Waals surface area contributed by atoms with Gasteiger partial charge in [0.25, 0.3) is 0 Å². The number of rotatable bonds is 8. The van der Waals surface area contributed by atoms with Gasteiger partial charge >= 0.3 is 6.01 Å². The molecule has 0 bridgehead atoms. The van der Waals surface area contributed by atoms with E-state index in [0.29, 0.717) is 11.9 Å². The molecular weight excluding hydrogens is 284 g/mol. The first kappa shape index (κ1) is 16.0. The van der Waals surface area contributed by atoms with Crippen LogP contribution in [0.4, 0.5) is 6.01 Å². The summed E-state index contributed by atoms with van der Waals surface area (Å²) in [5.41, 5.74) is 0.0366. The molecule has 116 valence electrons. The van der Waals surface area contributed by atoms with Crippen LogP contribution in [0, 0.1) is 0 Å². The first-order chi connectivity index (χ1) is 10.0. The Kier molecular flexibility index (Phi) is 5.36. The molecule has 2 aromatic heterocycles. The van der Waals surface area contributed by atoms with Gasteiger partial charge in [-0.1, -0.05) is 31.9 Å². The molecule has 0 amide bonds. The van der Waals surface area contributed by atoms with Gasteiger partial charge in [-0.3, -0.25) is 0 Å². The van der Waals surface area contributed by atoms with Crippen LogP contribution in [-0.4, -0.2) is 23.3 Å². The molecule has 1 unspecified atom stereocenters. The van der Waals surface area contributed by atoms with Crippen molar-refractivity contribution in [1.29, 1.82) is 0 Å². The average molecular weight is 308 g/mol. The quantitative estimate of drug-likeness (QED) is 0.780. The Hall–Kier alpha value is -1.40. The lowest BCUT2D eigenvalue weighted by atomic mass is 9.91. The van der Waals surface area contributed by atoms with Crippen molar-refractivity contribution in [2.45, 2.75) is 45.6 Å². The highest BCUT2D eigenvalue weighted by molar-refractivity contribution is 7.10. The van der Waals surface area contributed by atoms with E-state index in [2.05, 4.69) is 59.1 Å². The van der Waals surface area contributed by atoms with Crippen molar-refractivity contribution >= 4 is 17.4 Å². The van der Waals surface area contributed by atoms with Crippen LogP contribution in [0.1, 0.15) is 50.9 Å². The third-order valence-corrected chi connectivity index (χ3v) is 4.62. The van der Waals surface area contributed by atoms with E-state index in [9.17, 15) is 0 Å². The fraction of sp³-hybridized carbons (Fsp3) is 0.600. The second kappa shape index (κ2) is 7.04. The fourth-order valence-corrected chi connectivity index (χ4v) is 2.83.